The van der Waals surface area contributed by atoms with Gasteiger partial charge in [0.25, 0.3) is 0 Å². The van der Waals surface area contributed by atoms with Gasteiger partial charge in [0.15, 0.2) is 12.2 Å². The molecule has 0 aliphatic rings. The first-order chi connectivity index (χ1) is 15.6. The van der Waals surface area contributed by atoms with Crippen molar-refractivity contribution in [1.82, 2.24) is 0 Å². The third kappa shape index (κ3) is 21.1. The van der Waals surface area contributed by atoms with Crippen LogP contribution in [0.4, 0.5) is 0 Å². The van der Waals surface area contributed by atoms with E-state index in [9.17, 15) is 29.4 Å². The van der Waals surface area contributed by atoms with Crippen LogP contribution in [0.5, 0.6) is 0 Å². The van der Waals surface area contributed by atoms with Gasteiger partial charge in [-0.05, 0) is 12.8 Å². The molecule has 0 spiro atoms. The average Bonchev–Trinajstić information content (AvgIpc) is 2.59. The lowest BCUT2D eigenvalue weighted by atomic mass is 10.2. The van der Waals surface area contributed by atoms with Gasteiger partial charge in [0.05, 0.1) is 42.3 Å². The second-order valence-corrected chi connectivity index (χ2v) is 12.9. The molecule has 0 saturated heterocycles. The van der Waals surface area contributed by atoms with Crippen LogP contribution in [0, 0.1) is 0 Å². The summed E-state index contributed by atoms with van der Waals surface area (Å²) in [7, 11) is 14.5. The topological polar surface area (TPSA) is 133 Å². The molecular formula is C22H40N2O8S2. The van der Waals surface area contributed by atoms with Crippen molar-refractivity contribution in [3.63, 3.8) is 0 Å². The summed E-state index contributed by atoms with van der Waals surface area (Å²) in [5, 5.41) is 21.8. The van der Waals surface area contributed by atoms with Crippen LogP contribution in [0.25, 0.3) is 0 Å². The van der Waals surface area contributed by atoms with Crippen LogP contribution in [0.3, 0.4) is 0 Å². The minimum atomic E-state index is -1.25. The largest absolute Gasteiger partial charge is 0.550 e. The second kappa shape index (κ2) is 16.2. The molecule has 0 radical (unpaired) electrons. The molecule has 12 heteroatoms. The molecule has 0 aromatic rings. The normalized spacial score (nSPS) is 13.7. The van der Waals surface area contributed by atoms with Gasteiger partial charge in [-0.1, -0.05) is 21.6 Å². The number of carboxylic acids is 2. The Labute approximate surface area is 210 Å². The Hall–Kier alpha value is -1.50. The van der Waals surface area contributed by atoms with Crippen LogP contribution in [0.1, 0.15) is 38.5 Å². The first-order valence-electron chi connectivity index (χ1n) is 11.2. The van der Waals surface area contributed by atoms with E-state index in [0.717, 1.165) is 0 Å². The van der Waals surface area contributed by atoms with Crippen LogP contribution in [-0.4, -0.2) is 112 Å². The molecule has 0 amide bonds. The maximum atomic E-state index is 12.0. The number of quaternary nitrogens is 2. The van der Waals surface area contributed by atoms with E-state index in [2.05, 4.69) is 0 Å². The van der Waals surface area contributed by atoms with Gasteiger partial charge in [-0.25, -0.2) is 0 Å². The Morgan fingerprint density at radius 2 is 1.00 bits per heavy atom. The fourth-order valence-corrected chi connectivity index (χ4v) is 5.21. The second-order valence-electron chi connectivity index (χ2n) is 10.2. The van der Waals surface area contributed by atoms with Gasteiger partial charge >= 0.3 is 11.9 Å². The molecule has 0 aromatic heterocycles. The van der Waals surface area contributed by atoms with Crippen molar-refractivity contribution in [3.05, 3.63) is 0 Å². The quantitative estimate of drug-likeness (QED) is 0.0937. The van der Waals surface area contributed by atoms with Gasteiger partial charge in [0.2, 0.25) is 0 Å². The Morgan fingerprint density at radius 3 is 1.26 bits per heavy atom. The van der Waals surface area contributed by atoms with Crippen LogP contribution in [0.15, 0.2) is 0 Å². The molecule has 0 fully saturated rings. The van der Waals surface area contributed by atoms with Crippen molar-refractivity contribution in [2.24, 2.45) is 0 Å². The third-order valence-corrected chi connectivity index (χ3v) is 6.77. The zero-order valence-corrected chi connectivity index (χ0v) is 22.8. The van der Waals surface area contributed by atoms with Crippen molar-refractivity contribution < 1.29 is 47.8 Å². The highest BCUT2D eigenvalue weighted by Crippen LogP contribution is 2.24. The lowest BCUT2D eigenvalue weighted by molar-refractivity contribution is -0.873. The first-order valence-corrected chi connectivity index (χ1v) is 13.7. The SMILES string of the molecule is C[N+](C)(C)CC(CC(=O)[O-])OC(=O)CCCSSCCCC(=O)OC(CC(=O)[O-])C[N+](C)(C)C. The highest BCUT2D eigenvalue weighted by molar-refractivity contribution is 8.76. The molecule has 0 saturated carbocycles. The summed E-state index contributed by atoms with van der Waals surface area (Å²) < 4.78 is 11.6. The molecular weight excluding hydrogens is 484 g/mol. The molecule has 0 rings (SSSR count). The highest BCUT2D eigenvalue weighted by Gasteiger charge is 2.23. The molecule has 10 nitrogen and oxygen atoms in total. The molecule has 34 heavy (non-hydrogen) atoms. The van der Waals surface area contributed by atoms with E-state index >= 15 is 0 Å². The van der Waals surface area contributed by atoms with Crippen molar-refractivity contribution >= 4 is 45.5 Å². The first kappa shape index (κ1) is 32.5. The van der Waals surface area contributed by atoms with Crippen molar-refractivity contribution in [2.45, 2.75) is 50.7 Å². The summed E-state index contributed by atoms with van der Waals surface area (Å²) in [6, 6.07) is 0. The van der Waals surface area contributed by atoms with Gasteiger partial charge in [-0.2, -0.15) is 0 Å². The van der Waals surface area contributed by atoms with Crippen molar-refractivity contribution in [3.8, 4) is 0 Å². The zero-order valence-electron chi connectivity index (χ0n) is 21.2. The number of likely N-dealkylation sites (N-methyl/N-ethyl adjacent to an activating group) is 2. The third-order valence-electron chi connectivity index (χ3n) is 4.19. The van der Waals surface area contributed by atoms with Crippen LogP contribution >= 0.6 is 21.6 Å². The predicted octanol–water partition coefficient (Wildman–Crippen LogP) is -0.556. The van der Waals surface area contributed by atoms with Crippen molar-refractivity contribution in [1.29, 1.82) is 0 Å². The van der Waals surface area contributed by atoms with Crippen LogP contribution < -0.4 is 10.2 Å². The highest BCUT2D eigenvalue weighted by atomic mass is 33.1. The number of rotatable bonds is 19. The number of aliphatic carboxylic acids is 2. The summed E-state index contributed by atoms with van der Waals surface area (Å²) in [5.41, 5.74) is 0. The van der Waals surface area contributed by atoms with Gasteiger partial charge in [-0.15, -0.1) is 0 Å². The maximum Gasteiger partial charge on any atom is 0.306 e. The Balaban J connectivity index is 4.05. The molecule has 0 heterocycles. The number of hydrogen-bond acceptors (Lipinski definition) is 10. The molecule has 0 aromatic carbocycles. The maximum absolute atomic E-state index is 12.0. The molecule has 2 atom stereocenters. The molecule has 2 unspecified atom stereocenters. The number of hydrogen-bond donors (Lipinski definition) is 0. The zero-order chi connectivity index (χ0) is 26.4. The van der Waals surface area contributed by atoms with E-state index in [0.29, 0.717) is 46.4 Å². The summed E-state index contributed by atoms with van der Waals surface area (Å²) >= 11 is 0. The number of nitrogens with zero attached hydrogens (tertiary/aromatic N) is 2. The van der Waals surface area contributed by atoms with E-state index in [1.54, 1.807) is 21.6 Å². The van der Waals surface area contributed by atoms with Crippen molar-refractivity contribution in [2.75, 3.05) is 66.9 Å². The van der Waals surface area contributed by atoms with E-state index in [-0.39, 0.29) is 25.7 Å². The van der Waals surface area contributed by atoms with Gasteiger partial charge in [0, 0.05) is 49.1 Å². The van der Waals surface area contributed by atoms with E-state index in [1.165, 1.54) is 0 Å². The standard InChI is InChI=1S/C22H40N2O8S2/c1-23(2,3)15-17(13-19(25)26)31-21(29)9-7-11-33-34-12-8-10-22(30)32-18(14-20(27)28)16-24(4,5)6/h17-18H,7-16H2,1-6H3. The summed E-state index contributed by atoms with van der Waals surface area (Å²) in [6.07, 6.45) is -0.483. The van der Waals surface area contributed by atoms with E-state index in [4.69, 9.17) is 9.47 Å². The Bertz CT molecular complexity index is 606. The van der Waals surface area contributed by atoms with Crippen LogP contribution in [-0.2, 0) is 28.7 Å². The Morgan fingerprint density at radius 1 is 0.676 bits per heavy atom. The van der Waals surface area contributed by atoms with Gasteiger partial charge in [0.1, 0.15) is 13.1 Å². The molecule has 0 bridgehead atoms. The van der Waals surface area contributed by atoms with Gasteiger partial charge in [-0.3, -0.25) is 9.59 Å². The fraction of sp³-hybridized carbons (Fsp3) is 0.818. The number of carbonyl (C=O) groups is 4. The van der Waals surface area contributed by atoms with Crippen LogP contribution in [0.2, 0.25) is 0 Å². The minimum absolute atomic E-state index is 0.201. The summed E-state index contributed by atoms with van der Waals surface area (Å²) in [6.45, 7) is 0.770. The van der Waals surface area contributed by atoms with Gasteiger partial charge < -0.3 is 38.2 Å². The summed E-state index contributed by atoms with van der Waals surface area (Å²) in [5.74, 6) is -1.92. The monoisotopic (exact) mass is 524 g/mol. The number of esters is 2. The fourth-order valence-electron chi connectivity index (χ4n) is 3.04. The van der Waals surface area contributed by atoms with E-state index in [1.807, 2.05) is 42.3 Å². The molecule has 0 aliphatic heterocycles. The molecule has 0 aliphatic carbocycles. The molecule has 0 N–H and O–H groups in total. The lowest BCUT2D eigenvalue weighted by Gasteiger charge is -2.29. The number of carbonyl (C=O) groups excluding carboxylic acids is 4. The minimum Gasteiger partial charge on any atom is -0.550 e. The lowest BCUT2D eigenvalue weighted by Crippen LogP contribution is -2.45. The van der Waals surface area contributed by atoms with E-state index < -0.39 is 36.1 Å². The number of carboxylic acid groups (broad SMARTS) is 2. The molecule has 198 valence electrons. The predicted molar refractivity (Wildman–Crippen MR) is 128 cm³/mol. The average molecular weight is 525 g/mol. The number of ether oxygens (including phenoxy) is 2. The smallest absolute Gasteiger partial charge is 0.306 e. The Kier molecular flexibility index (Phi) is 15.5. The summed E-state index contributed by atoms with van der Waals surface area (Å²) in [4.78, 5) is 45.8.